The third-order valence-electron chi connectivity index (χ3n) is 2.07. The van der Waals surface area contributed by atoms with E-state index in [1.165, 1.54) is 12.1 Å². The highest BCUT2D eigenvalue weighted by Gasteiger charge is 2.30. The van der Waals surface area contributed by atoms with Gasteiger partial charge in [-0.25, -0.2) is 4.98 Å². The zero-order valence-electron chi connectivity index (χ0n) is 9.69. The molecule has 0 spiro atoms. The monoisotopic (exact) mass is 305 g/mol. The van der Waals surface area contributed by atoms with E-state index >= 15 is 0 Å². The average molecular weight is 306 g/mol. The zero-order valence-corrected chi connectivity index (χ0v) is 10.4. The van der Waals surface area contributed by atoms with E-state index in [2.05, 4.69) is 14.7 Å². The van der Waals surface area contributed by atoms with E-state index in [-0.39, 0.29) is 28.2 Å². The first-order valence-electron chi connectivity index (χ1n) is 5.15. The third kappa shape index (κ3) is 3.64. The van der Waals surface area contributed by atoms with Crippen molar-refractivity contribution >= 4 is 17.3 Å². The second kappa shape index (κ2) is 5.41. The summed E-state index contributed by atoms with van der Waals surface area (Å²) in [6.45, 7) is 0. The Balaban J connectivity index is 2.13. The van der Waals surface area contributed by atoms with Crippen LogP contribution >= 0.6 is 11.6 Å². The Bertz CT molecular complexity index is 605. The van der Waals surface area contributed by atoms with Gasteiger partial charge in [-0.05, 0) is 24.3 Å². The van der Waals surface area contributed by atoms with Gasteiger partial charge in [-0.1, -0.05) is 11.6 Å². The SMILES string of the molecule is Nc1c(Cl)ncnc1Oc1ccc(OC(F)(F)F)cc1. The Morgan fingerprint density at radius 2 is 1.65 bits per heavy atom. The van der Waals surface area contributed by atoms with Crippen LogP contribution in [0.15, 0.2) is 30.6 Å². The molecule has 2 rings (SSSR count). The molecule has 1 aromatic heterocycles. The Labute approximate surface area is 116 Å². The van der Waals surface area contributed by atoms with E-state index in [1.54, 1.807) is 0 Å². The molecule has 5 nitrogen and oxygen atoms in total. The molecule has 0 atom stereocenters. The number of hydrogen-bond acceptors (Lipinski definition) is 5. The number of ether oxygens (including phenoxy) is 2. The number of halogens is 4. The number of anilines is 1. The lowest BCUT2D eigenvalue weighted by molar-refractivity contribution is -0.274. The highest BCUT2D eigenvalue weighted by Crippen LogP contribution is 2.30. The maximum Gasteiger partial charge on any atom is 0.573 e. The Hall–Kier alpha value is -2.22. The minimum atomic E-state index is -4.74. The van der Waals surface area contributed by atoms with E-state index in [0.29, 0.717) is 0 Å². The number of alkyl halides is 3. The molecule has 2 N–H and O–H groups in total. The highest BCUT2D eigenvalue weighted by molar-refractivity contribution is 6.32. The molecule has 0 aliphatic rings. The number of nitrogens with zero attached hydrogens (tertiary/aromatic N) is 2. The first-order chi connectivity index (χ1) is 9.35. The van der Waals surface area contributed by atoms with Crippen molar-refractivity contribution in [2.24, 2.45) is 0 Å². The second-order valence-corrected chi connectivity index (χ2v) is 3.86. The summed E-state index contributed by atoms with van der Waals surface area (Å²) in [5.74, 6) is -0.131. The molecule has 0 saturated carbocycles. The fourth-order valence-corrected chi connectivity index (χ4v) is 1.39. The maximum atomic E-state index is 12.0. The average Bonchev–Trinajstić information content (AvgIpc) is 2.35. The van der Waals surface area contributed by atoms with Gasteiger partial charge in [0.15, 0.2) is 5.15 Å². The first kappa shape index (κ1) is 14.2. The molecule has 0 unspecified atom stereocenters. The van der Waals surface area contributed by atoms with E-state index in [9.17, 15) is 13.2 Å². The molecule has 0 aliphatic carbocycles. The van der Waals surface area contributed by atoms with Crippen LogP contribution in [-0.2, 0) is 0 Å². The number of rotatable bonds is 3. The van der Waals surface area contributed by atoms with Gasteiger partial charge in [0.05, 0.1) is 0 Å². The molecule has 0 fully saturated rings. The van der Waals surface area contributed by atoms with Crippen molar-refractivity contribution in [3.05, 3.63) is 35.7 Å². The Morgan fingerprint density at radius 3 is 2.25 bits per heavy atom. The van der Waals surface area contributed by atoms with Gasteiger partial charge in [-0.3, -0.25) is 0 Å². The van der Waals surface area contributed by atoms with Crippen molar-refractivity contribution in [1.82, 2.24) is 9.97 Å². The lowest BCUT2D eigenvalue weighted by Crippen LogP contribution is -2.16. The number of nitrogens with two attached hydrogens (primary N) is 1. The van der Waals surface area contributed by atoms with Crippen LogP contribution in [0, 0.1) is 0 Å². The van der Waals surface area contributed by atoms with Crippen molar-refractivity contribution in [3.63, 3.8) is 0 Å². The minimum absolute atomic E-state index is 0.00879. The van der Waals surface area contributed by atoms with E-state index in [1.807, 2.05) is 0 Å². The summed E-state index contributed by atoms with van der Waals surface area (Å²) in [5.41, 5.74) is 5.62. The summed E-state index contributed by atoms with van der Waals surface area (Å²) in [6, 6.07) is 4.75. The molecule has 0 bridgehead atoms. The smallest absolute Gasteiger partial charge is 0.437 e. The summed E-state index contributed by atoms with van der Waals surface area (Å²) >= 11 is 5.68. The van der Waals surface area contributed by atoms with Gasteiger partial charge < -0.3 is 15.2 Å². The number of nitrogen functional groups attached to an aromatic ring is 1. The normalized spacial score (nSPS) is 11.2. The molecule has 0 aliphatic heterocycles. The predicted molar refractivity (Wildman–Crippen MR) is 64.7 cm³/mol. The van der Waals surface area contributed by atoms with E-state index in [4.69, 9.17) is 22.1 Å². The number of benzene rings is 1. The van der Waals surface area contributed by atoms with E-state index < -0.39 is 6.36 Å². The summed E-state index contributed by atoms with van der Waals surface area (Å²) in [7, 11) is 0. The largest absolute Gasteiger partial charge is 0.573 e. The van der Waals surface area contributed by atoms with Crippen molar-refractivity contribution in [3.8, 4) is 17.4 Å². The maximum absolute atomic E-state index is 12.0. The van der Waals surface area contributed by atoms with Gasteiger partial charge in [-0.2, -0.15) is 4.98 Å². The van der Waals surface area contributed by atoms with Gasteiger partial charge >= 0.3 is 6.36 Å². The lowest BCUT2D eigenvalue weighted by atomic mass is 10.3. The standard InChI is InChI=1S/C11H7ClF3N3O2/c12-9-8(16)10(18-5-17-9)19-6-1-3-7(4-2-6)20-11(13,14)15/h1-5H,16H2. The van der Waals surface area contributed by atoms with Crippen LogP contribution < -0.4 is 15.2 Å². The molecule has 106 valence electrons. The minimum Gasteiger partial charge on any atom is -0.437 e. The van der Waals surface area contributed by atoms with Crippen LogP contribution in [0.3, 0.4) is 0 Å². The number of hydrogen-bond donors (Lipinski definition) is 1. The lowest BCUT2D eigenvalue weighted by Gasteiger charge is -2.10. The van der Waals surface area contributed by atoms with Crippen molar-refractivity contribution in [1.29, 1.82) is 0 Å². The van der Waals surface area contributed by atoms with Gasteiger partial charge in [0, 0.05) is 0 Å². The Kier molecular flexibility index (Phi) is 3.84. The molecule has 0 amide bonds. The fourth-order valence-electron chi connectivity index (χ4n) is 1.26. The molecule has 1 aromatic carbocycles. The van der Waals surface area contributed by atoms with Crippen LogP contribution in [0.2, 0.25) is 5.15 Å². The summed E-state index contributed by atoms with van der Waals surface area (Å²) < 4.78 is 45.0. The van der Waals surface area contributed by atoms with Crippen LogP contribution in [0.4, 0.5) is 18.9 Å². The Morgan fingerprint density at radius 1 is 1.05 bits per heavy atom. The van der Waals surface area contributed by atoms with E-state index in [0.717, 1.165) is 18.5 Å². The summed E-state index contributed by atoms with van der Waals surface area (Å²) in [4.78, 5) is 7.40. The van der Waals surface area contributed by atoms with Crippen LogP contribution in [0.5, 0.6) is 17.4 Å². The van der Waals surface area contributed by atoms with Gasteiger partial charge in [0.25, 0.3) is 0 Å². The number of aromatic nitrogens is 2. The first-order valence-corrected chi connectivity index (χ1v) is 5.52. The molecular formula is C11H7ClF3N3O2. The summed E-state index contributed by atoms with van der Waals surface area (Å²) in [6.07, 6.45) is -3.60. The van der Waals surface area contributed by atoms with Gasteiger partial charge in [0.1, 0.15) is 23.5 Å². The van der Waals surface area contributed by atoms with Gasteiger partial charge in [0.2, 0.25) is 5.88 Å². The summed E-state index contributed by atoms with van der Waals surface area (Å²) in [5, 5.41) is 0.0204. The highest BCUT2D eigenvalue weighted by atomic mass is 35.5. The van der Waals surface area contributed by atoms with Gasteiger partial charge in [-0.15, -0.1) is 13.2 Å². The molecule has 2 aromatic rings. The quantitative estimate of drug-likeness (QED) is 0.880. The third-order valence-corrected chi connectivity index (χ3v) is 2.37. The van der Waals surface area contributed by atoms with Crippen LogP contribution in [-0.4, -0.2) is 16.3 Å². The predicted octanol–water partition coefficient (Wildman–Crippen LogP) is 3.40. The van der Waals surface area contributed by atoms with Crippen molar-refractivity contribution in [2.75, 3.05) is 5.73 Å². The van der Waals surface area contributed by atoms with Crippen LogP contribution in [0.25, 0.3) is 0 Å². The molecule has 20 heavy (non-hydrogen) atoms. The molecule has 0 saturated heterocycles. The van der Waals surface area contributed by atoms with Crippen LogP contribution in [0.1, 0.15) is 0 Å². The molecular weight excluding hydrogens is 299 g/mol. The zero-order chi connectivity index (χ0) is 14.8. The molecule has 1 heterocycles. The molecule has 0 radical (unpaired) electrons. The molecule has 9 heteroatoms. The topological polar surface area (TPSA) is 70.3 Å². The van der Waals surface area contributed by atoms with Crippen molar-refractivity contribution < 1.29 is 22.6 Å². The second-order valence-electron chi connectivity index (χ2n) is 3.50. The fraction of sp³-hybridized carbons (Fsp3) is 0.0909. The van der Waals surface area contributed by atoms with Crippen molar-refractivity contribution in [2.45, 2.75) is 6.36 Å².